The van der Waals surface area contributed by atoms with Crippen molar-refractivity contribution >= 4 is 45.3 Å². The molecule has 0 aliphatic carbocycles. The number of pyridine rings is 1. The van der Waals surface area contributed by atoms with Gasteiger partial charge in [0.25, 0.3) is 0 Å². The third kappa shape index (κ3) is 4.40. The number of carbonyl (C=O) groups excluding carboxylic acids is 1. The van der Waals surface area contributed by atoms with Gasteiger partial charge in [0.15, 0.2) is 0 Å². The van der Waals surface area contributed by atoms with E-state index < -0.39 is 0 Å². The third-order valence-corrected chi connectivity index (χ3v) is 3.63. The second-order valence-electron chi connectivity index (χ2n) is 2.62. The molecule has 0 saturated heterocycles. The molecule has 1 rings (SSSR count). The molecule has 0 aliphatic heterocycles. The minimum atomic E-state index is -0.215. The van der Waals surface area contributed by atoms with Gasteiger partial charge in [-0.1, -0.05) is 11.6 Å². The largest absolute Gasteiger partial charge is 0.469 e. The van der Waals surface area contributed by atoms with Gasteiger partial charge in [-0.2, -0.15) is 0 Å². The number of thioether (sulfide) groups is 1. The molecule has 0 unspecified atom stereocenters. The molecule has 3 nitrogen and oxygen atoms in total. The number of hydrogen-bond acceptors (Lipinski definition) is 4. The fourth-order valence-electron chi connectivity index (χ4n) is 0.841. The van der Waals surface area contributed by atoms with E-state index in [4.69, 9.17) is 11.6 Å². The van der Waals surface area contributed by atoms with Crippen LogP contribution >= 0.6 is 39.3 Å². The lowest BCUT2D eigenvalue weighted by molar-refractivity contribution is -0.140. The molecule has 1 aromatic rings. The molecule has 0 bridgehead atoms. The molecule has 0 fully saturated rings. The molecular formula is C9H9BrClNO2S. The van der Waals surface area contributed by atoms with Crippen molar-refractivity contribution in [3.05, 3.63) is 21.8 Å². The maximum absolute atomic E-state index is 10.9. The lowest BCUT2D eigenvalue weighted by Crippen LogP contribution is -2.01. The molecule has 0 aliphatic rings. The highest BCUT2D eigenvalue weighted by atomic mass is 79.9. The van der Waals surface area contributed by atoms with Crippen molar-refractivity contribution in [3.8, 4) is 0 Å². The molecule has 0 atom stereocenters. The Hall–Kier alpha value is -0.260. The first kappa shape index (κ1) is 12.8. The average Bonchev–Trinajstić information content (AvgIpc) is 2.21. The van der Waals surface area contributed by atoms with Gasteiger partial charge in [0.2, 0.25) is 0 Å². The Morgan fingerprint density at radius 2 is 2.47 bits per heavy atom. The quantitative estimate of drug-likeness (QED) is 0.632. The van der Waals surface area contributed by atoms with Crippen molar-refractivity contribution in [2.75, 3.05) is 12.9 Å². The molecule has 0 spiro atoms. The number of nitrogens with zero attached hydrogens (tertiary/aromatic N) is 1. The molecule has 0 aromatic carbocycles. The maximum atomic E-state index is 10.9. The highest BCUT2D eigenvalue weighted by molar-refractivity contribution is 9.10. The zero-order chi connectivity index (χ0) is 11.3. The Morgan fingerprint density at radius 3 is 3.07 bits per heavy atom. The Morgan fingerprint density at radius 1 is 1.73 bits per heavy atom. The van der Waals surface area contributed by atoms with E-state index in [9.17, 15) is 4.79 Å². The van der Waals surface area contributed by atoms with E-state index >= 15 is 0 Å². The van der Waals surface area contributed by atoms with Gasteiger partial charge < -0.3 is 4.74 Å². The number of hydrogen-bond donors (Lipinski definition) is 0. The number of esters is 1. The summed E-state index contributed by atoms with van der Waals surface area (Å²) >= 11 is 10.6. The molecular weight excluding hydrogens is 302 g/mol. The second-order valence-corrected chi connectivity index (χ2v) is 4.99. The second kappa shape index (κ2) is 6.35. The fraction of sp³-hybridized carbons (Fsp3) is 0.333. The van der Waals surface area contributed by atoms with E-state index in [0.717, 1.165) is 9.50 Å². The summed E-state index contributed by atoms with van der Waals surface area (Å²) in [6.45, 7) is 0. The number of rotatable bonds is 4. The van der Waals surface area contributed by atoms with Gasteiger partial charge in [0.1, 0.15) is 5.03 Å². The number of ether oxygens (including phenoxy) is 1. The Bertz CT molecular complexity index is 362. The van der Waals surface area contributed by atoms with Crippen LogP contribution in [0.25, 0.3) is 0 Å². The summed E-state index contributed by atoms with van der Waals surface area (Å²) in [5.41, 5.74) is 0. The molecule has 6 heteroatoms. The van der Waals surface area contributed by atoms with Crippen LogP contribution in [0.2, 0.25) is 5.02 Å². The van der Waals surface area contributed by atoms with Gasteiger partial charge >= 0.3 is 5.97 Å². The standard InChI is InChI=1S/C9H9BrClNO2S/c1-14-8(13)2-3-15-9-7(10)4-6(11)5-12-9/h4-5H,2-3H2,1H3. The van der Waals surface area contributed by atoms with Crippen LogP contribution in [-0.2, 0) is 9.53 Å². The summed E-state index contributed by atoms with van der Waals surface area (Å²) in [6.07, 6.45) is 1.95. The van der Waals surface area contributed by atoms with Crippen molar-refractivity contribution in [1.29, 1.82) is 0 Å². The number of halogens is 2. The van der Waals surface area contributed by atoms with E-state index in [0.29, 0.717) is 17.2 Å². The van der Waals surface area contributed by atoms with Crippen LogP contribution in [0.4, 0.5) is 0 Å². The lowest BCUT2D eigenvalue weighted by atomic mass is 10.5. The van der Waals surface area contributed by atoms with Crippen LogP contribution in [-0.4, -0.2) is 23.8 Å². The molecule has 82 valence electrons. The van der Waals surface area contributed by atoms with Crippen molar-refractivity contribution in [3.63, 3.8) is 0 Å². The zero-order valence-corrected chi connectivity index (χ0v) is 11.2. The summed E-state index contributed by atoms with van der Waals surface area (Å²) < 4.78 is 5.37. The van der Waals surface area contributed by atoms with Gasteiger partial charge in [-0.3, -0.25) is 4.79 Å². The van der Waals surface area contributed by atoms with Crippen LogP contribution in [0.5, 0.6) is 0 Å². The van der Waals surface area contributed by atoms with Crippen molar-refractivity contribution < 1.29 is 9.53 Å². The molecule has 1 heterocycles. The first-order valence-corrected chi connectivity index (χ1v) is 6.30. The summed E-state index contributed by atoms with van der Waals surface area (Å²) in [6, 6.07) is 1.77. The van der Waals surface area contributed by atoms with E-state index in [1.807, 2.05) is 0 Å². The van der Waals surface area contributed by atoms with E-state index in [2.05, 4.69) is 25.7 Å². The molecule has 1 aromatic heterocycles. The van der Waals surface area contributed by atoms with Crippen molar-refractivity contribution in [2.45, 2.75) is 11.4 Å². The number of carbonyl (C=O) groups is 1. The first-order chi connectivity index (χ1) is 7.13. The van der Waals surface area contributed by atoms with Gasteiger partial charge in [-0.25, -0.2) is 4.98 Å². The summed E-state index contributed by atoms with van der Waals surface area (Å²) in [5, 5.41) is 1.41. The monoisotopic (exact) mass is 309 g/mol. The smallest absolute Gasteiger partial charge is 0.306 e. The Balaban J connectivity index is 2.47. The average molecular weight is 311 g/mol. The van der Waals surface area contributed by atoms with Crippen molar-refractivity contribution in [2.24, 2.45) is 0 Å². The molecule has 0 saturated carbocycles. The van der Waals surface area contributed by atoms with E-state index in [-0.39, 0.29) is 5.97 Å². The highest BCUT2D eigenvalue weighted by Gasteiger charge is 2.05. The third-order valence-electron chi connectivity index (χ3n) is 1.55. The SMILES string of the molecule is COC(=O)CCSc1ncc(Cl)cc1Br. The lowest BCUT2D eigenvalue weighted by Gasteiger charge is -2.02. The minimum Gasteiger partial charge on any atom is -0.469 e. The predicted molar refractivity (Wildman–Crippen MR) is 64.3 cm³/mol. The number of methoxy groups -OCH3 is 1. The van der Waals surface area contributed by atoms with Crippen LogP contribution in [0.1, 0.15) is 6.42 Å². The molecule has 15 heavy (non-hydrogen) atoms. The van der Waals surface area contributed by atoms with Crippen LogP contribution in [0.3, 0.4) is 0 Å². The summed E-state index contributed by atoms with van der Waals surface area (Å²) in [5.74, 6) is 0.424. The fourth-order valence-corrected chi connectivity index (χ4v) is 2.61. The normalized spacial score (nSPS) is 10.1. The van der Waals surface area contributed by atoms with Crippen LogP contribution in [0, 0.1) is 0 Å². The van der Waals surface area contributed by atoms with Gasteiger partial charge in [0, 0.05) is 11.9 Å². The first-order valence-electron chi connectivity index (χ1n) is 4.14. The molecule has 0 radical (unpaired) electrons. The summed E-state index contributed by atoms with van der Waals surface area (Å²) in [7, 11) is 1.38. The van der Waals surface area contributed by atoms with Gasteiger partial charge in [-0.05, 0) is 22.0 Å². The van der Waals surface area contributed by atoms with E-state index in [1.165, 1.54) is 18.9 Å². The van der Waals surface area contributed by atoms with Crippen molar-refractivity contribution in [1.82, 2.24) is 4.98 Å². The molecule has 0 N–H and O–H groups in total. The maximum Gasteiger partial charge on any atom is 0.306 e. The molecule has 0 amide bonds. The predicted octanol–water partition coefficient (Wildman–Crippen LogP) is 3.15. The Labute approximate surface area is 106 Å². The Kier molecular flexibility index (Phi) is 5.42. The van der Waals surface area contributed by atoms with E-state index in [1.54, 1.807) is 12.3 Å². The topological polar surface area (TPSA) is 39.2 Å². The van der Waals surface area contributed by atoms with Crippen LogP contribution < -0.4 is 0 Å². The van der Waals surface area contributed by atoms with Gasteiger partial charge in [-0.15, -0.1) is 11.8 Å². The minimum absolute atomic E-state index is 0.215. The highest BCUT2D eigenvalue weighted by Crippen LogP contribution is 2.27. The van der Waals surface area contributed by atoms with Crippen LogP contribution in [0.15, 0.2) is 21.8 Å². The zero-order valence-electron chi connectivity index (χ0n) is 8.00. The number of aromatic nitrogens is 1. The van der Waals surface area contributed by atoms with Gasteiger partial charge in [0.05, 0.1) is 23.0 Å². The summed E-state index contributed by atoms with van der Waals surface area (Å²) in [4.78, 5) is 15.0.